The summed E-state index contributed by atoms with van der Waals surface area (Å²) < 4.78 is 26.6. The molecule has 106 valence electrons. The van der Waals surface area contributed by atoms with Crippen LogP contribution in [0.25, 0.3) is 0 Å². The maximum Gasteiger partial charge on any atom is 0.216 e. The lowest BCUT2D eigenvalue weighted by Crippen LogP contribution is -2.44. The zero-order chi connectivity index (χ0) is 13.0. The first kappa shape index (κ1) is 14.3. The molecule has 4 nitrogen and oxygen atoms in total. The second-order valence-corrected chi connectivity index (χ2v) is 7.81. The Morgan fingerprint density at radius 3 is 2.28 bits per heavy atom. The number of sulfonamides is 1. The van der Waals surface area contributed by atoms with E-state index in [4.69, 9.17) is 0 Å². The molecule has 0 spiro atoms. The van der Waals surface area contributed by atoms with Crippen LogP contribution in [0, 0.1) is 5.92 Å². The number of piperidine rings is 1. The SMILES string of the molecule is CCNCC1CCN(S(=O)(=O)C2CCCC2)CC1. The molecular weight excluding hydrogens is 248 g/mol. The highest BCUT2D eigenvalue weighted by atomic mass is 32.2. The van der Waals surface area contributed by atoms with E-state index in [1.54, 1.807) is 4.31 Å². The van der Waals surface area contributed by atoms with Gasteiger partial charge < -0.3 is 5.32 Å². The molecule has 0 unspecified atom stereocenters. The number of hydrogen-bond donors (Lipinski definition) is 1. The molecule has 0 amide bonds. The van der Waals surface area contributed by atoms with Crippen molar-refractivity contribution in [1.29, 1.82) is 0 Å². The van der Waals surface area contributed by atoms with Crippen LogP contribution in [0.1, 0.15) is 45.4 Å². The third-order valence-corrected chi connectivity index (χ3v) is 6.74. The first-order chi connectivity index (χ1) is 8.64. The molecule has 1 aliphatic carbocycles. The molecule has 1 heterocycles. The van der Waals surface area contributed by atoms with Crippen molar-refractivity contribution in [3.8, 4) is 0 Å². The molecule has 0 radical (unpaired) electrons. The van der Waals surface area contributed by atoms with E-state index < -0.39 is 10.0 Å². The van der Waals surface area contributed by atoms with Crippen LogP contribution in [-0.2, 0) is 10.0 Å². The largest absolute Gasteiger partial charge is 0.317 e. The summed E-state index contributed by atoms with van der Waals surface area (Å²) in [5.74, 6) is 0.653. The minimum Gasteiger partial charge on any atom is -0.317 e. The molecule has 1 saturated carbocycles. The molecule has 0 atom stereocenters. The molecule has 18 heavy (non-hydrogen) atoms. The molecule has 0 bridgehead atoms. The van der Waals surface area contributed by atoms with Gasteiger partial charge in [-0.2, -0.15) is 0 Å². The first-order valence-corrected chi connectivity index (χ1v) is 8.84. The average Bonchev–Trinajstić information content (AvgIpc) is 2.91. The summed E-state index contributed by atoms with van der Waals surface area (Å²) >= 11 is 0. The van der Waals surface area contributed by atoms with Crippen LogP contribution in [0.5, 0.6) is 0 Å². The van der Waals surface area contributed by atoms with Crippen LogP contribution < -0.4 is 5.32 Å². The van der Waals surface area contributed by atoms with E-state index in [-0.39, 0.29) is 5.25 Å². The van der Waals surface area contributed by atoms with Crippen molar-refractivity contribution in [3.63, 3.8) is 0 Å². The summed E-state index contributed by atoms with van der Waals surface area (Å²) in [5, 5.41) is 3.28. The Balaban J connectivity index is 1.85. The zero-order valence-corrected chi connectivity index (χ0v) is 12.2. The van der Waals surface area contributed by atoms with Crippen molar-refractivity contribution < 1.29 is 8.42 Å². The fourth-order valence-electron chi connectivity index (χ4n) is 3.11. The Labute approximate surface area is 111 Å². The van der Waals surface area contributed by atoms with Crippen LogP contribution in [0.15, 0.2) is 0 Å². The predicted octanol–water partition coefficient (Wildman–Crippen LogP) is 1.58. The van der Waals surface area contributed by atoms with Gasteiger partial charge in [-0.25, -0.2) is 12.7 Å². The van der Waals surface area contributed by atoms with Gasteiger partial charge in [-0.05, 0) is 44.7 Å². The van der Waals surface area contributed by atoms with Gasteiger partial charge in [0, 0.05) is 13.1 Å². The standard InChI is InChI=1S/C13H26N2O2S/c1-2-14-11-12-7-9-15(10-8-12)18(16,17)13-5-3-4-6-13/h12-14H,2-11H2,1H3. The zero-order valence-electron chi connectivity index (χ0n) is 11.4. The highest BCUT2D eigenvalue weighted by Crippen LogP contribution is 2.29. The maximum atomic E-state index is 12.4. The van der Waals surface area contributed by atoms with Gasteiger partial charge in [0.1, 0.15) is 0 Å². The van der Waals surface area contributed by atoms with Gasteiger partial charge in [-0.15, -0.1) is 0 Å². The van der Waals surface area contributed by atoms with Crippen LogP contribution in [0.3, 0.4) is 0 Å². The van der Waals surface area contributed by atoms with E-state index >= 15 is 0 Å². The van der Waals surface area contributed by atoms with Crippen molar-refractivity contribution >= 4 is 10.0 Å². The van der Waals surface area contributed by atoms with Crippen LogP contribution >= 0.6 is 0 Å². The Kier molecular flexibility index (Phi) is 5.04. The van der Waals surface area contributed by atoms with Crippen molar-refractivity contribution in [1.82, 2.24) is 9.62 Å². The third kappa shape index (κ3) is 3.25. The monoisotopic (exact) mass is 274 g/mol. The molecular formula is C13H26N2O2S. The number of hydrogen-bond acceptors (Lipinski definition) is 3. The lowest BCUT2D eigenvalue weighted by Gasteiger charge is -2.33. The van der Waals surface area contributed by atoms with E-state index in [1.165, 1.54) is 0 Å². The number of rotatable bonds is 5. The fourth-order valence-corrected chi connectivity index (χ4v) is 5.18. The highest BCUT2D eigenvalue weighted by molar-refractivity contribution is 7.89. The molecule has 0 aromatic rings. The van der Waals surface area contributed by atoms with E-state index in [1.807, 2.05) is 0 Å². The van der Waals surface area contributed by atoms with Gasteiger partial charge in [0.2, 0.25) is 10.0 Å². The van der Waals surface area contributed by atoms with Gasteiger partial charge in [0.15, 0.2) is 0 Å². The Hall–Kier alpha value is -0.130. The topological polar surface area (TPSA) is 49.4 Å². The minimum atomic E-state index is -2.99. The molecule has 2 fully saturated rings. The molecule has 5 heteroatoms. The highest BCUT2D eigenvalue weighted by Gasteiger charge is 2.35. The molecule has 0 aromatic carbocycles. The average molecular weight is 274 g/mol. The molecule has 2 aliphatic rings. The van der Waals surface area contributed by atoms with Gasteiger partial charge in [-0.3, -0.25) is 0 Å². The second kappa shape index (κ2) is 6.35. The summed E-state index contributed by atoms with van der Waals surface area (Å²) in [6, 6.07) is 0. The van der Waals surface area contributed by atoms with Crippen molar-refractivity contribution in [2.24, 2.45) is 5.92 Å². The number of nitrogens with one attached hydrogen (secondary N) is 1. The Morgan fingerprint density at radius 1 is 1.11 bits per heavy atom. The van der Waals surface area contributed by atoms with Gasteiger partial charge in [0.25, 0.3) is 0 Å². The Bertz CT molecular complexity index is 342. The van der Waals surface area contributed by atoms with Gasteiger partial charge in [-0.1, -0.05) is 19.8 Å². The van der Waals surface area contributed by atoms with Crippen LogP contribution in [-0.4, -0.2) is 44.2 Å². The van der Waals surface area contributed by atoms with E-state index in [9.17, 15) is 8.42 Å². The fraction of sp³-hybridized carbons (Fsp3) is 1.00. The predicted molar refractivity (Wildman–Crippen MR) is 74.0 cm³/mol. The molecule has 1 N–H and O–H groups in total. The molecule has 1 saturated heterocycles. The quantitative estimate of drug-likeness (QED) is 0.828. The molecule has 0 aromatic heterocycles. The summed E-state index contributed by atoms with van der Waals surface area (Å²) in [4.78, 5) is 0. The summed E-state index contributed by atoms with van der Waals surface area (Å²) in [6.45, 7) is 5.61. The Morgan fingerprint density at radius 2 is 1.72 bits per heavy atom. The summed E-state index contributed by atoms with van der Waals surface area (Å²) in [5.41, 5.74) is 0. The summed E-state index contributed by atoms with van der Waals surface area (Å²) in [6.07, 6.45) is 5.94. The normalized spacial score (nSPS) is 24.7. The van der Waals surface area contributed by atoms with E-state index in [0.29, 0.717) is 5.92 Å². The molecule has 2 rings (SSSR count). The van der Waals surface area contributed by atoms with E-state index in [2.05, 4.69) is 12.2 Å². The second-order valence-electron chi connectivity index (χ2n) is 5.60. The number of nitrogens with zero attached hydrogens (tertiary/aromatic N) is 1. The van der Waals surface area contributed by atoms with Crippen molar-refractivity contribution in [3.05, 3.63) is 0 Å². The van der Waals surface area contributed by atoms with Crippen molar-refractivity contribution in [2.75, 3.05) is 26.2 Å². The lowest BCUT2D eigenvalue weighted by atomic mass is 9.98. The van der Waals surface area contributed by atoms with Crippen LogP contribution in [0.4, 0.5) is 0 Å². The lowest BCUT2D eigenvalue weighted by molar-refractivity contribution is 0.266. The van der Waals surface area contributed by atoms with Crippen LogP contribution in [0.2, 0.25) is 0 Å². The smallest absolute Gasteiger partial charge is 0.216 e. The van der Waals surface area contributed by atoms with Gasteiger partial charge >= 0.3 is 0 Å². The minimum absolute atomic E-state index is 0.0807. The van der Waals surface area contributed by atoms with Crippen molar-refractivity contribution in [2.45, 2.75) is 50.7 Å². The first-order valence-electron chi connectivity index (χ1n) is 7.34. The van der Waals surface area contributed by atoms with E-state index in [0.717, 1.165) is 64.7 Å². The maximum absolute atomic E-state index is 12.4. The summed E-state index contributed by atoms with van der Waals surface area (Å²) in [7, 11) is -2.99. The van der Waals surface area contributed by atoms with Gasteiger partial charge in [0.05, 0.1) is 5.25 Å². The third-order valence-electron chi connectivity index (χ3n) is 4.34. The molecule has 1 aliphatic heterocycles.